The first-order chi connectivity index (χ1) is 9.04. The molecule has 0 fully saturated rings. The standard InChI is InChI=1S/C15H16ClNO2/c1-11-6-7-14(19-11)9-17(2)10-15(18)12-4-3-5-13(16)8-12/h3-8H,9-10H2,1-2H3. The molecule has 100 valence electrons. The lowest BCUT2D eigenvalue weighted by atomic mass is 10.1. The van der Waals surface area contributed by atoms with Crippen molar-refractivity contribution in [3.05, 3.63) is 58.5 Å². The Morgan fingerprint density at radius 1 is 1.32 bits per heavy atom. The highest BCUT2D eigenvalue weighted by molar-refractivity contribution is 6.31. The Labute approximate surface area is 117 Å². The lowest BCUT2D eigenvalue weighted by Crippen LogP contribution is -2.25. The summed E-state index contributed by atoms with van der Waals surface area (Å²) in [6.07, 6.45) is 0. The Balaban J connectivity index is 1.95. The second-order valence-electron chi connectivity index (χ2n) is 4.62. The van der Waals surface area contributed by atoms with E-state index in [1.54, 1.807) is 24.3 Å². The molecule has 4 heteroatoms. The molecular formula is C15H16ClNO2. The minimum atomic E-state index is 0.0493. The number of rotatable bonds is 5. The third-order valence-electron chi connectivity index (χ3n) is 2.78. The molecule has 0 bridgehead atoms. The molecular weight excluding hydrogens is 262 g/mol. The maximum absolute atomic E-state index is 12.1. The van der Waals surface area contributed by atoms with Gasteiger partial charge in [-0.25, -0.2) is 0 Å². The van der Waals surface area contributed by atoms with Crippen LogP contribution in [0.4, 0.5) is 0 Å². The van der Waals surface area contributed by atoms with Crippen molar-refractivity contribution < 1.29 is 9.21 Å². The number of Topliss-reactive ketones (excluding diaryl/α,β-unsaturated/α-hetero) is 1. The largest absolute Gasteiger partial charge is 0.465 e. The Morgan fingerprint density at radius 3 is 2.74 bits per heavy atom. The summed E-state index contributed by atoms with van der Waals surface area (Å²) >= 11 is 5.88. The number of aryl methyl sites for hydroxylation is 1. The smallest absolute Gasteiger partial charge is 0.176 e. The number of halogens is 1. The molecule has 0 saturated carbocycles. The third kappa shape index (κ3) is 3.94. The van der Waals surface area contributed by atoms with Gasteiger partial charge in [0.1, 0.15) is 11.5 Å². The molecule has 0 N–H and O–H groups in total. The number of hydrogen-bond acceptors (Lipinski definition) is 3. The van der Waals surface area contributed by atoms with Crippen LogP contribution in [0.5, 0.6) is 0 Å². The zero-order chi connectivity index (χ0) is 13.8. The topological polar surface area (TPSA) is 33.5 Å². The van der Waals surface area contributed by atoms with Crippen molar-refractivity contribution in [2.45, 2.75) is 13.5 Å². The quantitative estimate of drug-likeness (QED) is 0.784. The van der Waals surface area contributed by atoms with Crippen LogP contribution in [0.15, 0.2) is 40.8 Å². The van der Waals surface area contributed by atoms with Crippen molar-refractivity contribution >= 4 is 17.4 Å². The number of ketones is 1. The number of hydrogen-bond donors (Lipinski definition) is 0. The van der Waals surface area contributed by atoms with Gasteiger partial charge in [-0.3, -0.25) is 9.69 Å². The number of likely N-dealkylation sites (N-methyl/N-ethyl adjacent to an activating group) is 1. The molecule has 0 aliphatic heterocycles. The van der Waals surface area contributed by atoms with Crippen molar-refractivity contribution in [3.63, 3.8) is 0 Å². The maximum atomic E-state index is 12.1. The highest BCUT2D eigenvalue weighted by Crippen LogP contribution is 2.13. The van der Waals surface area contributed by atoms with Crippen LogP contribution in [0.25, 0.3) is 0 Å². The normalized spacial score (nSPS) is 10.9. The molecule has 1 aromatic heterocycles. The molecule has 0 unspecified atom stereocenters. The van der Waals surface area contributed by atoms with Crippen LogP contribution in [0, 0.1) is 6.92 Å². The van der Waals surface area contributed by atoms with Crippen LogP contribution in [0.2, 0.25) is 5.02 Å². The number of carbonyl (C=O) groups is 1. The molecule has 1 aromatic carbocycles. The average molecular weight is 278 g/mol. The van der Waals surface area contributed by atoms with E-state index in [2.05, 4.69) is 0 Å². The van der Waals surface area contributed by atoms with Gasteiger partial charge in [0.15, 0.2) is 5.78 Å². The van der Waals surface area contributed by atoms with Crippen molar-refractivity contribution in [1.29, 1.82) is 0 Å². The second-order valence-corrected chi connectivity index (χ2v) is 5.05. The molecule has 0 aliphatic rings. The summed E-state index contributed by atoms with van der Waals surface area (Å²) in [6.45, 7) is 2.85. The van der Waals surface area contributed by atoms with Crippen LogP contribution in [-0.4, -0.2) is 24.3 Å². The van der Waals surface area contributed by atoms with Gasteiger partial charge in [-0.15, -0.1) is 0 Å². The summed E-state index contributed by atoms with van der Waals surface area (Å²) in [5, 5.41) is 0.579. The van der Waals surface area contributed by atoms with E-state index in [4.69, 9.17) is 16.0 Å². The number of benzene rings is 1. The predicted molar refractivity (Wildman–Crippen MR) is 75.6 cm³/mol. The van der Waals surface area contributed by atoms with E-state index < -0.39 is 0 Å². The van der Waals surface area contributed by atoms with Crippen LogP contribution >= 0.6 is 11.6 Å². The average Bonchev–Trinajstić information content (AvgIpc) is 2.74. The second kappa shape index (κ2) is 6.04. The van der Waals surface area contributed by atoms with Gasteiger partial charge in [0, 0.05) is 10.6 Å². The predicted octanol–water partition coefficient (Wildman–Crippen LogP) is 3.56. The highest BCUT2D eigenvalue weighted by atomic mass is 35.5. The van der Waals surface area contributed by atoms with E-state index in [1.165, 1.54) is 0 Å². The molecule has 0 radical (unpaired) electrons. The van der Waals surface area contributed by atoms with Crippen LogP contribution in [0.1, 0.15) is 21.9 Å². The summed E-state index contributed by atoms with van der Waals surface area (Å²) in [6, 6.07) is 10.9. The first kappa shape index (κ1) is 13.8. The molecule has 2 rings (SSSR count). The fourth-order valence-corrected chi connectivity index (χ4v) is 2.08. The van der Waals surface area contributed by atoms with Gasteiger partial charge in [-0.05, 0) is 38.2 Å². The van der Waals surface area contributed by atoms with Crippen LogP contribution in [0.3, 0.4) is 0 Å². The van der Waals surface area contributed by atoms with Gasteiger partial charge < -0.3 is 4.42 Å². The maximum Gasteiger partial charge on any atom is 0.176 e. The first-order valence-corrected chi connectivity index (χ1v) is 6.45. The molecule has 0 saturated heterocycles. The first-order valence-electron chi connectivity index (χ1n) is 6.07. The van der Waals surface area contributed by atoms with E-state index >= 15 is 0 Å². The molecule has 2 aromatic rings. The van der Waals surface area contributed by atoms with Gasteiger partial charge in [-0.1, -0.05) is 23.7 Å². The Bertz CT molecular complexity index is 577. The van der Waals surface area contributed by atoms with Gasteiger partial charge in [0.25, 0.3) is 0 Å². The summed E-state index contributed by atoms with van der Waals surface area (Å²) in [5.41, 5.74) is 0.634. The van der Waals surface area contributed by atoms with E-state index in [0.717, 1.165) is 11.5 Å². The minimum Gasteiger partial charge on any atom is -0.465 e. The van der Waals surface area contributed by atoms with E-state index in [0.29, 0.717) is 23.7 Å². The third-order valence-corrected chi connectivity index (χ3v) is 3.02. The molecule has 0 atom stereocenters. The zero-order valence-corrected chi connectivity index (χ0v) is 11.8. The fourth-order valence-electron chi connectivity index (χ4n) is 1.89. The van der Waals surface area contributed by atoms with Crippen LogP contribution < -0.4 is 0 Å². The number of nitrogens with zero attached hydrogens (tertiary/aromatic N) is 1. The van der Waals surface area contributed by atoms with Crippen LogP contribution in [-0.2, 0) is 6.54 Å². The molecule has 1 heterocycles. The summed E-state index contributed by atoms with van der Waals surface area (Å²) in [4.78, 5) is 14.0. The molecule has 3 nitrogen and oxygen atoms in total. The summed E-state index contributed by atoms with van der Waals surface area (Å²) in [5.74, 6) is 1.79. The van der Waals surface area contributed by atoms with Gasteiger partial charge >= 0.3 is 0 Å². The van der Waals surface area contributed by atoms with Gasteiger partial charge in [0.05, 0.1) is 13.1 Å². The van der Waals surface area contributed by atoms with E-state index in [1.807, 2.05) is 31.0 Å². The monoisotopic (exact) mass is 277 g/mol. The Hall–Kier alpha value is -1.58. The molecule has 19 heavy (non-hydrogen) atoms. The number of carbonyl (C=O) groups excluding carboxylic acids is 1. The van der Waals surface area contributed by atoms with Crippen molar-refractivity contribution in [2.75, 3.05) is 13.6 Å². The molecule has 0 aliphatic carbocycles. The lowest BCUT2D eigenvalue weighted by Gasteiger charge is -2.14. The zero-order valence-electron chi connectivity index (χ0n) is 11.0. The van der Waals surface area contributed by atoms with E-state index in [-0.39, 0.29) is 5.78 Å². The SMILES string of the molecule is Cc1ccc(CN(C)CC(=O)c2cccc(Cl)c2)o1. The summed E-state index contributed by atoms with van der Waals surface area (Å²) in [7, 11) is 1.89. The molecule has 0 spiro atoms. The highest BCUT2D eigenvalue weighted by Gasteiger charge is 2.11. The lowest BCUT2D eigenvalue weighted by molar-refractivity contribution is 0.0939. The van der Waals surface area contributed by atoms with Crippen molar-refractivity contribution in [2.24, 2.45) is 0 Å². The van der Waals surface area contributed by atoms with Gasteiger partial charge in [-0.2, -0.15) is 0 Å². The Morgan fingerprint density at radius 2 is 2.11 bits per heavy atom. The van der Waals surface area contributed by atoms with E-state index in [9.17, 15) is 4.79 Å². The molecule has 0 amide bonds. The Kier molecular flexibility index (Phi) is 4.40. The summed E-state index contributed by atoms with van der Waals surface area (Å²) < 4.78 is 5.49. The van der Waals surface area contributed by atoms with Gasteiger partial charge in [0.2, 0.25) is 0 Å². The van der Waals surface area contributed by atoms with Crippen molar-refractivity contribution in [3.8, 4) is 0 Å². The minimum absolute atomic E-state index is 0.0493. The fraction of sp³-hybridized carbons (Fsp3) is 0.267. The number of furan rings is 1. The van der Waals surface area contributed by atoms with Crippen molar-refractivity contribution in [1.82, 2.24) is 4.90 Å².